The van der Waals surface area contributed by atoms with Crippen molar-refractivity contribution in [3.05, 3.63) is 29.3 Å². The van der Waals surface area contributed by atoms with E-state index >= 15 is 0 Å². The number of ether oxygens (including phenoxy) is 2. The number of benzene rings is 1. The van der Waals surface area contributed by atoms with Crippen LogP contribution in [0.4, 0.5) is 4.79 Å². The second-order valence-electron chi connectivity index (χ2n) is 5.81. The maximum absolute atomic E-state index is 11.7. The zero-order valence-electron chi connectivity index (χ0n) is 13.8. The van der Waals surface area contributed by atoms with E-state index in [-0.39, 0.29) is 19.1 Å². The van der Waals surface area contributed by atoms with Gasteiger partial charge in [-0.15, -0.1) is 0 Å². The molecule has 1 heterocycles. The van der Waals surface area contributed by atoms with Crippen molar-refractivity contribution < 1.29 is 24.2 Å². The van der Waals surface area contributed by atoms with Gasteiger partial charge in [0.2, 0.25) is 0 Å². The van der Waals surface area contributed by atoms with Crippen LogP contribution >= 0.6 is 0 Å². The molecule has 0 aromatic heterocycles. The predicted molar refractivity (Wildman–Crippen MR) is 88.1 cm³/mol. The van der Waals surface area contributed by atoms with Crippen molar-refractivity contribution in [2.24, 2.45) is 0 Å². The first-order chi connectivity index (χ1) is 11.5. The van der Waals surface area contributed by atoms with Gasteiger partial charge in [-0.25, -0.2) is 4.79 Å². The van der Waals surface area contributed by atoms with Gasteiger partial charge in [0.1, 0.15) is 12.4 Å². The summed E-state index contributed by atoms with van der Waals surface area (Å²) >= 11 is 0. The third-order valence-electron chi connectivity index (χ3n) is 3.74. The predicted octanol–water partition coefficient (Wildman–Crippen LogP) is 1.83. The molecule has 132 valence electrons. The van der Waals surface area contributed by atoms with E-state index in [1.165, 1.54) is 0 Å². The first-order valence-electron chi connectivity index (χ1n) is 8.12. The smallest absolute Gasteiger partial charge is 0.315 e. The molecule has 1 saturated heterocycles. The lowest BCUT2D eigenvalue weighted by Gasteiger charge is -2.16. The Bertz CT molecular complexity index is 570. The fourth-order valence-corrected chi connectivity index (χ4v) is 2.42. The van der Waals surface area contributed by atoms with Crippen molar-refractivity contribution in [2.45, 2.75) is 38.8 Å². The molecule has 0 aliphatic carbocycles. The van der Waals surface area contributed by atoms with Gasteiger partial charge in [-0.1, -0.05) is 12.1 Å². The number of carboxylic acids is 1. The van der Waals surface area contributed by atoms with Crippen LogP contribution in [0.2, 0.25) is 0 Å². The Kier molecular flexibility index (Phi) is 6.87. The molecule has 1 aromatic rings. The molecule has 1 aromatic carbocycles. The Morgan fingerprint density at radius 3 is 2.92 bits per heavy atom. The Balaban J connectivity index is 1.84. The molecule has 0 saturated carbocycles. The standard InChI is InChI=1S/C17H24N2O5/c1-12-4-5-13(10-19-17(22)18-7-6-16(20)21)15(9-12)24-11-14-3-2-8-23-14/h4-5,9,14H,2-3,6-8,10-11H2,1H3,(H,20,21)(H2,18,19,22). The maximum atomic E-state index is 11.7. The topological polar surface area (TPSA) is 96.9 Å². The second-order valence-corrected chi connectivity index (χ2v) is 5.81. The largest absolute Gasteiger partial charge is 0.491 e. The van der Waals surface area contributed by atoms with Crippen molar-refractivity contribution in [1.82, 2.24) is 10.6 Å². The SMILES string of the molecule is Cc1ccc(CNC(=O)NCCC(=O)O)c(OCC2CCCO2)c1. The van der Waals surface area contributed by atoms with E-state index in [2.05, 4.69) is 10.6 Å². The van der Waals surface area contributed by atoms with E-state index in [0.717, 1.165) is 36.3 Å². The van der Waals surface area contributed by atoms with Crippen molar-refractivity contribution in [3.63, 3.8) is 0 Å². The average Bonchev–Trinajstić information content (AvgIpc) is 3.05. The molecular formula is C17H24N2O5. The summed E-state index contributed by atoms with van der Waals surface area (Å²) in [6.45, 7) is 3.67. The zero-order chi connectivity index (χ0) is 17.4. The molecule has 1 aliphatic heterocycles. The number of aryl methyl sites for hydroxylation is 1. The fraction of sp³-hybridized carbons (Fsp3) is 0.529. The minimum Gasteiger partial charge on any atom is -0.491 e. The monoisotopic (exact) mass is 336 g/mol. The highest BCUT2D eigenvalue weighted by atomic mass is 16.5. The second kappa shape index (κ2) is 9.12. The van der Waals surface area contributed by atoms with Gasteiger partial charge in [-0.05, 0) is 31.4 Å². The Morgan fingerprint density at radius 1 is 1.38 bits per heavy atom. The van der Waals surface area contributed by atoms with E-state index < -0.39 is 12.0 Å². The summed E-state index contributed by atoms with van der Waals surface area (Å²) in [7, 11) is 0. The van der Waals surface area contributed by atoms with E-state index in [1.54, 1.807) is 0 Å². The van der Waals surface area contributed by atoms with Crippen LogP contribution in [0, 0.1) is 6.92 Å². The first kappa shape index (κ1) is 18.1. The van der Waals surface area contributed by atoms with Crippen LogP contribution in [0.15, 0.2) is 18.2 Å². The average molecular weight is 336 g/mol. The van der Waals surface area contributed by atoms with E-state index in [1.807, 2.05) is 25.1 Å². The Morgan fingerprint density at radius 2 is 2.21 bits per heavy atom. The molecule has 2 amide bonds. The molecule has 3 N–H and O–H groups in total. The number of carbonyl (C=O) groups is 2. The molecule has 1 atom stereocenters. The van der Waals surface area contributed by atoms with Crippen molar-refractivity contribution >= 4 is 12.0 Å². The highest BCUT2D eigenvalue weighted by molar-refractivity contribution is 5.75. The number of urea groups is 1. The van der Waals surface area contributed by atoms with Crippen LogP contribution in [-0.4, -0.2) is 43.0 Å². The van der Waals surface area contributed by atoms with Crippen LogP contribution in [0.1, 0.15) is 30.4 Å². The summed E-state index contributed by atoms with van der Waals surface area (Å²) in [6, 6.07) is 5.41. The molecule has 0 spiro atoms. The fourth-order valence-electron chi connectivity index (χ4n) is 2.42. The molecular weight excluding hydrogens is 312 g/mol. The van der Waals surface area contributed by atoms with Crippen LogP contribution in [0.5, 0.6) is 5.75 Å². The van der Waals surface area contributed by atoms with Gasteiger partial charge in [0.05, 0.1) is 12.5 Å². The van der Waals surface area contributed by atoms with Crippen LogP contribution < -0.4 is 15.4 Å². The van der Waals surface area contributed by atoms with Crippen molar-refractivity contribution in [3.8, 4) is 5.75 Å². The van der Waals surface area contributed by atoms with Crippen LogP contribution in [0.25, 0.3) is 0 Å². The first-order valence-corrected chi connectivity index (χ1v) is 8.12. The summed E-state index contributed by atoms with van der Waals surface area (Å²) in [5.41, 5.74) is 1.94. The molecule has 2 rings (SSSR count). The van der Waals surface area contributed by atoms with Crippen molar-refractivity contribution in [2.75, 3.05) is 19.8 Å². The number of carboxylic acid groups (broad SMARTS) is 1. The Hall–Kier alpha value is -2.28. The molecule has 1 aliphatic rings. The molecule has 7 nitrogen and oxygen atoms in total. The lowest BCUT2D eigenvalue weighted by molar-refractivity contribution is -0.136. The van der Waals surface area contributed by atoms with Gasteiger partial charge >= 0.3 is 12.0 Å². The van der Waals surface area contributed by atoms with E-state index in [9.17, 15) is 9.59 Å². The third-order valence-corrected chi connectivity index (χ3v) is 3.74. The highest BCUT2D eigenvalue weighted by Crippen LogP contribution is 2.22. The number of nitrogens with one attached hydrogen (secondary N) is 2. The number of carbonyl (C=O) groups excluding carboxylic acids is 1. The van der Waals surface area contributed by atoms with Gasteiger partial charge < -0.3 is 25.2 Å². The molecule has 1 fully saturated rings. The van der Waals surface area contributed by atoms with Crippen LogP contribution in [-0.2, 0) is 16.1 Å². The lowest BCUT2D eigenvalue weighted by atomic mass is 10.1. The lowest BCUT2D eigenvalue weighted by Crippen LogP contribution is -2.36. The molecule has 0 radical (unpaired) electrons. The highest BCUT2D eigenvalue weighted by Gasteiger charge is 2.17. The maximum Gasteiger partial charge on any atom is 0.315 e. The number of hydrogen-bond acceptors (Lipinski definition) is 4. The summed E-state index contributed by atoms with van der Waals surface area (Å²) in [5.74, 6) is -0.213. The molecule has 7 heteroatoms. The normalized spacial score (nSPS) is 16.6. The quantitative estimate of drug-likeness (QED) is 0.673. The zero-order valence-corrected chi connectivity index (χ0v) is 13.8. The summed E-state index contributed by atoms with van der Waals surface area (Å²) in [4.78, 5) is 22.1. The number of rotatable bonds is 8. The minimum absolute atomic E-state index is 0.0947. The van der Waals surface area contributed by atoms with E-state index in [0.29, 0.717) is 13.2 Å². The van der Waals surface area contributed by atoms with Gasteiger partial charge in [-0.2, -0.15) is 0 Å². The number of hydrogen-bond donors (Lipinski definition) is 3. The van der Waals surface area contributed by atoms with E-state index in [4.69, 9.17) is 14.6 Å². The van der Waals surface area contributed by atoms with Gasteiger partial charge in [0, 0.05) is 25.3 Å². The molecule has 1 unspecified atom stereocenters. The third kappa shape index (κ3) is 6.08. The summed E-state index contributed by atoms with van der Waals surface area (Å²) in [5, 5.41) is 13.8. The van der Waals surface area contributed by atoms with Crippen molar-refractivity contribution in [1.29, 1.82) is 0 Å². The van der Waals surface area contributed by atoms with Crippen LogP contribution in [0.3, 0.4) is 0 Å². The number of amides is 2. The number of aliphatic carboxylic acids is 1. The summed E-state index contributed by atoms with van der Waals surface area (Å²) < 4.78 is 11.4. The van der Waals surface area contributed by atoms with Gasteiger partial charge in [0.25, 0.3) is 0 Å². The summed E-state index contributed by atoms with van der Waals surface area (Å²) in [6.07, 6.45) is 2.09. The van der Waals surface area contributed by atoms with Gasteiger partial charge in [0.15, 0.2) is 0 Å². The van der Waals surface area contributed by atoms with Gasteiger partial charge in [-0.3, -0.25) is 4.79 Å². The minimum atomic E-state index is -0.946. The Labute approximate surface area is 141 Å². The molecule has 0 bridgehead atoms. The molecule has 24 heavy (non-hydrogen) atoms.